The molecule has 0 bridgehead atoms. The fraction of sp³-hybridized carbons (Fsp3) is 0.818. The Labute approximate surface area is 95.5 Å². The molecule has 0 heterocycles. The summed E-state index contributed by atoms with van der Waals surface area (Å²) < 4.78 is 5.27. The lowest BCUT2D eigenvalue weighted by atomic mass is 9.80. The molecule has 1 aliphatic carbocycles. The maximum atomic E-state index is 11.5. The van der Waals surface area contributed by atoms with Gasteiger partial charge in [0.15, 0.2) is 6.04 Å². The quantitative estimate of drug-likeness (QED) is 0.531. The van der Waals surface area contributed by atoms with Gasteiger partial charge < -0.3 is 16.2 Å². The highest BCUT2D eigenvalue weighted by molar-refractivity contribution is 6.00. The van der Waals surface area contributed by atoms with E-state index in [-0.39, 0.29) is 6.10 Å². The lowest BCUT2D eigenvalue weighted by molar-refractivity contribution is -0.159. The van der Waals surface area contributed by atoms with E-state index in [4.69, 9.17) is 16.2 Å². The van der Waals surface area contributed by atoms with Crippen LogP contribution in [0.1, 0.15) is 33.1 Å². The molecule has 5 heteroatoms. The van der Waals surface area contributed by atoms with Gasteiger partial charge in [-0.05, 0) is 24.7 Å². The predicted octanol–water partition coefficient (Wildman–Crippen LogP) is 0.167. The SMILES string of the molecule is CC1CCCC(C)C1OC(=O)C(N)C(N)=O. The summed E-state index contributed by atoms with van der Waals surface area (Å²) in [7, 11) is 0. The fourth-order valence-corrected chi connectivity index (χ4v) is 2.21. The molecule has 92 valence electrons. The third-order valence-electron chi connectivity index (χ3n) is 3.25. The molecular weight excluding hydrogens is 208 g/mol. The van der Waals surface area contributed by atoms with Crippen LogP contribution in [-0.4, -0.2) is 24.0 Å². The standard InChI is InChI=1S/C11H20N2O3/c1-6-4-3-5-7(2)9(6)16-11(15)8(12)10(13)14/h6-9H,3-5,12H2,1-2H3,(H2,13,14). The number of hydrogen-bond donors (Lipinski definition) is 2. The summed E-state index contributed by atoms with van der Waals surface area (Å²) in [5.41, 5.74) is 10.3. The first-order valence-corrected chi connectivity index (χ1v) is 5.69. The molecular formula is C11H20N2O3. The molecule has 0 aromatic carbocycles. The van der Waals surface area contributed by atoms with Gasteiger partial charge in [0, 0.05) is 0 Å². The van der Waals surface area contributed by atoms with Crippen LogP contribution in [0.3, 0.4) is 0 Å². The Balaban J connectivity index is 2.57. The summed E-state index contributed by atoms with van der Waals surface area (Å²) >= 11 is 0. The molecule has 0 aromatic rings. The third-order valence-corrected chi connectivity index (χ3v) is 3.25. The van der Waals surface area contributed by atoms with Crippen LogP contribution >= 0.6 is 0 Å². The van der Waals surface area contributed by atoms with E-state index in [2.05, 4.69) is 0 Å². The molecule has 5 nitrogen and oxygen atoms in total. The van der Waals surface area contributed by atoms with Crippen LogP contribution in [0.2, 0.25) is 0 Å². The Morgan fingerprint density at radius 1 is 1.25 bits per heavy atom. The number of carbonyl (C=O) groups is 2. The minimum absolute atomic E-state index is 0.147. The summed E-state index contributed by atoms with van der Waals surface area (Å²) in [4.78, 5) is 22.2. The molecule has 1 saturated carbocycles. The van der Waals surface area contributed by atoms with E-state index < -0.39 is 17.9 Å². The number of nitrogens with two attached hydrogens (primary N) is 2. The molecule has 0 aliphatic heterocycles. The highest BCUT2D eigenvalue weighted by atomic mass is 16.5. The van der Waals surface area contributed by atoms with Crippen molar-refractivity contribution in [2.45, 2.75) is 45.3 Å². The lowest BCUT2D eigenvalue weighted by Crippen LogP contribution is -2.47. The van der Waals surface area contributed by atoms with Crippen molar-refractivity contribution < 1.29 is 14.3 Å². The monoisotopic (exact) mass is 228 g/mol. The highest BCUT2D eigenvalue weighted by Gasteiger charge is 2.33. The minimum atomic E-state index is -1.35. The van der Waals surface area contributed by atoms with Gasteiger partial charge in [0.25, 0.3) is 0 Å². The third kappa shape index (κ3) is 2.95. The topological polar surface area (TPSA) is 95.4 Å². The second-order valence-electron chi connectivity index (χ2n) is 4.67. The van der Waals surface area contributed by atoms with Gasteiger partial charge in [-0.1, -0.05) is 20.3 Å². The van der Waals surface area contributed by atoms with Crippen LogP contribution in [0.25, 0.3) is 0 Å². The first-order chi connectivity index (χ1) is 7.43. The van der Waals surface area contributed by atoms with Crippen molar-refractivity contribution in [3.63, 3.8) is 0 Å². The smallest absolute Gasteiger partial charge is 0.333 e. The highest BCUT2D eigenvalue weighted by Crippen LogP contribution is 2.31. The summed E-state index contributed by atoms with van der Waals surface area (Å²) in [6.07, 6.45) is 3.08. The Kier molecular flexibility index (Phi) is 4.29. The summed E-state index contributed by atoms with van der Waals surface area (Å²) in [6, 6.07) is -1.35. The van der Waals surface area contributed by atoms with E-state index in [1.165, 1.54) is 0 Å². The van der Waals surface area contributed by atoms with Gasteiger partial charge in [-0.25, -0.2) is 4.79 Å². The number of ether oxygens (including phenoxy) is 1. The maximum absolute atomic E-state index is 11.5. The normalized spacial score (nSPS) is 31.8. The lowest BCUT2D eigenvalue weighted by Gasteiger charge is -2.34. The molecule has 0 saturated heterocycles. The summed E-state index contributed by atoms with van der Waals surface area (Å²) in [5.74, 6) is -0.931. The van der Waals surface area contributed by atoms with Crippen LogP contribution in [0.15, 0.2) is 0 Å². The van der Waals surface area contributed by atoms with Crippen molar-refractivity contribution >= 4 is 11.9 Å². The van der Waals surface area contributed by atoms with Crippen LogP contribution in [0.4, 0.5) is 0 Å². The number of esters is 1. The van der Waals surface area contributed by atoms with Crippen molar-refractivity contribution in [3.8, 4) is 0 Å². The molecule has 16 heavy (non-hydrogen) atoms. The van der Waals surface area contributed by atoms with Crippen molar-refractivity contribution in [1.29, 1.82) is 0 Å². The number of primary amides is 1. The van der Waals surface area contributed by atoms with E-state index in [1.54, 1.807) is 0 Å². The molecule has 0 aromatic heterocycles. The second-order valence-corrected chi connectivity index (χ2v) is 4.67. The van der Waals surface area contributed by atoms with Crippen LogP contribution in [0, 0.1) is 11.8 Å². The van der Waals surface area contributed by atoms with Gasteiger partial charge in [0.2, 0.25) is 5.91 Å². The van der Waals surface area contributed by atoms with Gasteiger partial charge in [-0.2, -0.15) is 0 Å². The largest absolute Gasteiger partial charge is 0.460 e. The molecule has 4 N–H and O–H groups in total. The average Bonchev–Trinajstić information content (AvgIpc) is 2.22. The van der Waals surface area contributed by atoms with Crippen molar-refractivity contribution in [1.82, 2.24) is 0 Å². The molecule has 0 spiro atoms. The molecule has 1 rings (SSSR count). The minimum Gasteiger partial charge on any atom is -0.460 e. The van der Waals surface area contributed by atoms with Gasteiger partial charge in [0.05, 0.1) is 0 Å². The first kappa shape index (κ1) is 13.0. The van der Waals surface area contributed by atoms with E-state index in [1.807, 2.05) is 13.8 Å². The van der Waals surface area contributed by atoms with E-state index in [9.17, 15) is 9.59 Å². The average molecular weight is 228 g/mol. The van der Waals surface area contributed by atoms with Crippen molar-refractivity contribution in [2.75, 3.05) is 0 Å². The zero-order valence-corrected chi connectivity index (χ0v) is 9.81. The zero-order chi connectivity index (χ0) is 12.3. The van der Waals surface area contributed by atoms with Crippen LogP contribution in [0.5, 0.6) is 0 Å². The number of rotatable bonds is 3. The first-order valence-electron chi connectivity index (χ1n) is 5.69. The molecule has 1 fully saturated rings. The van der Waals surface area contributed by atoms with Gasteiger partial charge in [-0.15, -0.1) is 0 Å². The molecule has 0 radical (unpaired) electrons. The summed E-state index contributed by atoms with van der Waals surface area (Å²) in [5, 5.41) is 0. The van der Waals surface area contributed by atoms with E-state index in [0.717, 1.165) is 19.3 Å². The number of amides is 1. The van der Waals surface area contributed by atoms with E-state index in [0.29, 0.717) is 11.8 Å². The number of carbonyl (C=O) groups excluding carboxylic acids is 2. The van der Waals surface area contributed by atoms with Gasteiger partial charge in [-0.3, -0.25) is 4.79 Å². The van der Waals surface area contributed by atoms with E-state index >= 15 is 0 Å². The maximum Gasteiger partial charge on any atom is 0.333 e. The van der Waals surface area contributed by atoms with Crippen molar-refractivity contribution in [3.05, 3.63) is 0 Å². The Hall–Kier alpha value is -1.10. The number of hydrogen-bond acceptors (Lipinski definition) is 4. The van der Waals surface area contributed by atoms with Gasteiger partial charge in [0.1, 0.15) is 6.10 Å². The van der Waals surface area contributed by atoms with Crippen LogP contribution < -0.4 is 11.5 Å². The van der Waals surface area contributed by atoms with Crippen LogP contribution in [-0.2, 0) is 14.3 Å². The Bertz CT molecular complexity index is 270. The fourth-order valence-electron chi connectivity index (χ4n) is 2.21. The molecule has 3 atom stereocenters. The Morgan fingerprint density at radius 2 is 1.75 bits per heavy atom. The zero-order valence-electron chi connectivity index (χ0n) is 9.81. The Morgan fingerprint density at radius 3 is 2.19 bits per heavy atom. The van der Waals surface area contributed by atoms with Gasteiger partial charge >= 0.3 is 5.97 Å². The molecule has 3 unspecified atom stereocenters. The molecule has 1 amide bonds. The predicted molar refractivity (Wildman–Crippen MR) is 59.2 cm³/mol. The van der Waals surface area contributed by atoms with Crippen molar-refractivity contribution in [2.24, 2.45) is 23.3 Å². The summed E-state index contributed by atoms with van der Waals surface area (Å²) in [6.45, 7) is 4.09. The molecule has 1 aliphatic rings. The second kappa shape index (κ2) is 5.30.